The lowest BCUT2D eigenvalue weighted by molar-refractivity contribution is -0.137. The summed E-state index contributed by atoms with van der Waals surface area (Å²) in [5, 5.41) is 6.06. The van der Waals surface area contributed by atoms with E-state index in [1.165, 1.54) is 19.2 Å². The molecular formula is C16H17F3N4O2. The van der Waals surface area contributed by atoms with Gasteiger partial charge in [-0.2, -0.15) is 13.2 Å². The average molecular weight is 354 g/mol. The van der Waals surface area contributed by atoms with Gasteiger partial charge in [-0.25, -0.2) is 4.98 Å². The molecule has 0 amide bonds. The molecule has 0 atom stereocenters. The molecule has 1 aliphatic heterocycles. The molecule has 2 N–H and O–H groups in total. The number of hydrogen-bond donors (Lipinski definition) is 2. The Bertz CT molecular complexity index is 816. The fourth-order valence-corrected chi connectivity index (χ4v) is 2.66. The Morgan fingerprint density at radius 3 is 2.68 bits per heavy atom. The van der Waals surface area contributed by atoms with E-state index in [2.05, 4.69) is 15.6 Å². The van der Waals surface area contributed by atoms with Crippen LogP contribution in [0.1, 0.15) is 22.4 Å². The Hall–Kier alpha value is -2.55. The molecule has 2 heterocycles. The van der Waals surface area contributed by atoms with E-state index in [0.29, 0.717) is 29.8 Å². The number of nitrogens with zero attached hydrogens (tertiary/aromatic N) is 2. The summed E-state index contributed by atoms with van der Waals surface area (Å²) in [6, 6.07) is 4.81. The predicted molar refractivity (Wildman–Crippen MR) is 85.2 cm³/mol. The molecule has 0 saturated heterocycles. The number of hydrogen-bond acceptors (Lipinski definition) is 5. The van der Waals surface area contributed by atoms with Gasteiger partial charge in [0.2, 0.25) is 5.95 Å². The Kier molecular flexibility index (Phi) is 4.67. The fraction of sp³-hybridized carbons (Fsp3) is 0.375. The first kappa shape index (κ1) is 17.3. The van der Waals surface area contributed by atoms with Gasteiger partial charge in [0.15, 0.2) is 0 Å². The number of anilines is 1. The second kappa shape index (κ2) is 6.75. The molecule has 1 aromatic carbocycles. The molecule has 0 bridgehead atoms. The minimum Gasteiger partial charge on any atom is -0.411 e. The van der Waals surface area contributed by atoms with Crippen LogP contribution in [0.15, 0.2) is 29.1 Å². The molecule has 0 radical (unpaired) electrons. The highest BCUT2D eigenvalue weighted by Crippen LogP contribution is 2.29. The summed E-state index contributed by atoms with van der Waals surface area (Å²) in [4.78, 5) is 21.9. The molecule has 1 aliphatic rings. The topological polar surface area (TPSA) is 68.2 Å². The van der Waals surface area contributed by atoms with Crippen LogP contribution in [0.2, 0.25) is 0 Å². The van der Waals surface area contributed by atoms with E-state index in [0.717, 1.165) is 23.4 Å². The number of alkyl halides is 3. The van der Waals surface area contributed by atoms with Crippen molar-refractivity contribution in [2.45, 2.75) is 25.7 Å². The molecular weight excluding hydrogens is 337 g/mol. The molecule has 0 saturated carbocycles. The molecule has 134 valence electrons. The summed E-state index contributed by atoms with van der Waals surface area (Å²) in [6.45, 7) is 1.38. The zero-order valence-corrected chi connectivity index (χ0v) is 13.5. The van der Waals surface area contributed by atoms with Crippen LogP contribution in [0.3, 0.4) is 0 Å². The van der Waals surface area contributed by atoms with Gasteiger partial charge in [-0.1, -0.05) is 12.1 Å². The summed E-state index contributed by atoms with van der Waals surface area (Å²) < 4.78 is 38.8. The second-order valence-corrected chi connectivity index (χ2v) is 5.62. The molecule has 2 aromatic rings. The van der Waals surface area contributed by atoms with Gasteiger partial charge in [-0.3, -0.25) is 4.79 Å². The average Bonchev–Trinajstić information content (AvgIpc) is 2.60. The normalized spacial score (nSPS) is 14.1. The first-order valence-corrected chi connectivity index (χ1v) is 7.70. The maximum atomic E-state index is 12.6. The first-order valence-electron chi connectivity index (χ1n) is 7.70. The van der Waals surface area contributed by atoms with E-state index in [-0.39, 0.29) is 18.1 Å². The number of rotatable bonds is 4. The summed E-state index contributed by atoms with van der Waals surface area (Å²) in [5.41, 5.74) is 0.892. The Labute approximate surface area is 141 Å². The maximum Gasteiger partial charge on any atom is 0.416 e. The predicted octanol–water partition coefficient (Wildman–Crippen LogP) is 1.58. The van der Waals surface area contributed by atoms with Crippen LogP contribution < -0.4 is 21.0 Å². The van der Waals surface area contributed by atoms with E-state index in [9.17, 15) is 18.0 Å². The molecule has 9 heteroatoms. The van der Waals surface area contributed by atoms with Crippen molar-refractivity contribution >= 4 is 5.95 Å². The van der Waals surface area contributed by atoms with Crippen LogP contribution in [-0.2, 0) is 25.7 Å². The van der Waals surface area contributed by atoms with Crippen LogP contribution in [0, 0.1) is 0 Å². The van der Waals surface area contributed by atoms with E-state index in [1.807, 2.05) is 0 Å². The second-order valence-electron chi connectivity index (χ2n) is 5.62. The first-order chi connectivity index (χ1) is 11.9. The largest absolute Gasteiger partial charge is 0.416 e. The summed E-state index contributed by atoms with van der Waals surface area (Å²) >= 11 is 0. The number of fused-ring (bicyclic) bond motifs is 1. The Morgan fingerprint density at radius 1 is 1.32 bits per heavy atom. The maximum absolute atomic E-state index is 12.6. The van der Waals surface area contributed by atoms with Crippen LogP contribution in [0.25, 0.3) is 0 Å². The standard InChI is InChI=1S/C16H17F3N4O2/c1-25-23-14(24)12-9-20-7-6-13(12)22-15(23)21-8-10-2-4-11(5-3-10)16(17,18)19/h2-5,20H,6-9H2,1H3,(H,21,22). The van der Waals surface area contributed by atoms with E-state index >= 15 is 0 Å². The molecule has 3 rings (SSSR count). The quantitative estimate of drug-likeness (QED) is 0.873. The zero-order chi connectivity index (χ0) is 18.0. The number of aromatic nitrogens is 2. The van der Waals surface area contributed by atoms with Crippen LogP contribution >= 0.6 is 0 Å². The van der Waals surface area contributed by atoms with Gasteiger partial charge >= 0.3 is 6.18 Å². The number of nitrogens with one attached hydrogen (secondary N) is 2. The van der Waals surface area contributed by atoms with Crippen LogP contribution in [0.5, 0.6) is 0 Å². The Balaban J connectivity index is 1.81. The summed E-state index contributed by atoms with van der Waals surface area (Å²) in [5.74, 6) is 0.230. The number of halogens is 3. The van der Waals surface area contributed by atoms with Gasteiger partial charge in [0.05, 0.1) is 16.8 Å². The Morgan fingerprint density at radius 2 is 2.04 bits per heavy atom. The van der Waals surface area contributed by atoms with Gasteiger partial charge in [-0.15, -0.1) is 4.73 Å². The van der Waals surface area contributed by atoms with Crippen molar-refractivity contribution in [1.82, 2.24) is 15.0 Å². The minimum absolute atomic E-state index is 0.213. The van der Waals surface area contributed by atoms with Crippen molar-refractivity contribution in [2.75, 3.05) is 19.0 Å². The van der Waals surface area contributed by atoms with Crippen molar-refractivity contribution in [1.29, 1.82) is 0 Å². The third-order valence-corrected chi connectivity index (χ3v) is 3.98. The van der Waals surface area contributed by atoms with Gasteiger partial charge in [0.1, 0.15) is 7.11 Å². The third kappa shape index (κ3) is 3.60. The van der Waals surface area contributed by atoms with Crippen molar-refractivity contribution < 1.29 is 18.0 Å². The molecule has 0 fully saturated rings. The van der Waals surface area contributed by atoms with Crippen LogP contribution in [0.4, 0.5) is 19.1 Å². The zero-order valence-electron chi connectivity index (χ0n) is 13.5. The van der Waals surface area contributed by atoms with Gasteiger partial charge in [0, 0.05) is 26.1 Å². The van der Waals surface area contributed by atoms with Gasteiger partial charge < -0.3 is 15.5 Å². The van der Waals surface area contributed by atoms with Crippen LogP contribution in [-0.4, -0.2) is 23.4 Å². The van der Waals surface area contributed by atoms with Gasteiger partial charge in [0.25, 0.3) is 5.56 Å². The lowest BCUT2D eigenvalue weighted by Crippen LogP contribution is -2.38. The number of benzene rings is 1. The minimum atomic E-state index is -4.36. The lowest BCUT2D eigenvalue weighted by atomic mass is 10.1. The molecule has 6 nitrogen and oxygen atoms in total. The van der Waals surface area contributed by atoms with E-state index in [4.69, 9.17) is 4.84 Å². The van der Waals surface area contributed by atoms with E-state index in [1.54, 1.807) is 0 Å². The highest BCUT2D eigenvalue weighted by Gasteiger charge is 2.29. The lowest BCUT2D eigenvalue weighted by Gasteiger charge is -2.19. The summed E-state index contributed by atoms with van der Waals surface area (Å²) in [7, 11) is 1.36. The molecule has 1 aromatic heterocycles. The molecule has 0 aliphatic carbocycles. The fourth-order valence-electron chi connectivity index (χ4n) is 2.66. The third-order valence-electron chi connectivity index (χ3n) is 3.98. The van der Waals surface area contributed by atoms with Gasteiger partial charge in [-0.05, 0) is 17.7 Å². The highest BCUT2D eigenvalue weighted by atomic mass is 19.4. The molecule has 25 heavy (non-hydrogen) atoms. The van der Waals surface area contributed by atoms with E-state index < -0.39 is 11.7 Å². The van der Waals surface area contributed by atoms with Crippen molar-refractivity contribution in [2.24, 2.45) is 0 Å². The van der Waals surface area contributed by atoms with Crippen molar-refractivity contribution in [3.05, 3.63) is 57.0 Å². The highest BCUT2D eigenvalue weighted by molar-refractivity contribution is 5.34. The SMILES string of the molecule is COn1c(NCc2ccc(C(F)(F)F)cc2)nc2c(c1=O)CNCC2. The molecule has 0 unspecified atom stereocenters. The molecule has 0 spiro atoms. The summed E-state index contributed by atoms with van der Waals surface area (Å²) in [6.07, 6.45) is -3.74. The van der Waals surface area contributed by atoms with Crippen molar-refractivity contribution in [3.8, 4) is 0 Å². The monoisotopic (exact) mass is 354 g/mol. The smallest absolute Gasteiger partial charge is 0.411 e. The van der Waals surface area contributed by atoms with Crippen molar-refractivity contribution in [3.63, 3.8) is 0 Å².